The molecule has 0 heterocycles. The molecule has 1 amide bonds. The van der Waals surface area contributed by atoms with Gasteiger partial charge in [-0.25, -0.2) is 13.2 Å². The van der Waals surface area contributed by atoms with E-state index in [1.165, 1.54) is 24.3 Å². The van der Waals surface area contributed by atoms with Gasteiger partial charge < -0.3 is 15.2 Å². The van der Waals surface area contributed by atoms with E-state index in [1.807, 2.05) is 0 Å². The van der Waals surface area contributed by atoms with Gasteiger partial charge in [0.25, 0.3) is 0 Å². The molecule has 23 heavy (non-hydrogen) atoms. The van der Waals surface area contributed by atoms with Crippen LogP contribution in [0.1, 0.15) is 38.8 Å². The van der Waals surface area contributed by atoms with E-state index < -0.39 is 33.5 Å². The molecule has 0 aliphatic rings. The Morgan fingerprint density at radius 3 is 2.13 bits per heavy atom. The van der Waals surface area contributed by atoms with Crippen molar-refractivity contribution in [3.05, 3.63) is 29.8 Å². The highest BCUT2D eigenvalue weighted by Gasteiger charge is 2.22. The summed E-state index contributed by atoms with van der Waals surface area (Å²) >= 11 is 0. The molecule has 1 aromatic rings. The van der Waals surface area contributed by atoms with Crippen LogP contribution < -0.4 is 5.32 Å². The predicted octanol–water partition coefficient (Wildman–Crippen LogP) is 2.13. The summed E-state index contributed by atoms with van der Waals surface area (Å²) in [6.07, 6.45) is -0.0106. The van der Waals surface area contributed by atoms with E-state index in [4.69, 9.17) is 9.84 Å². The van der Waals surface area contributed by atoms with Crippen molar-refractivity contribution in [3.8, 4) is 0 Å². The van der Waals surface area contributed by atoms with Crippen molar-refractivity contribution in [1.29, 1.82) is 0 Å². The largest absolute Gasteiger partial charge is 0.481 e. The summed E-state index contributed by atoms with van der Waals surface area (Å²) in [4.78, 5) is 22.9. The molecule has 8 heteroatoms. The molecule has 1 aromatic carbocycles. The molecule has 0 fully saturated rings. The minimum atomic E-state index is -3.34. The molecular weight excluding hydrogens is 322 g/mol. The standard InChI is InChI=1S/C15H21NO6S/c1-15(2,3)22-14(19)16-12(9-13(17)18)10-5-7-11(8-6-10)23(4,20)21/h5-8,12H,9H2,1-4H3,(H,16,19)(H,17,18)/t12-/m0/s1. The Hall–Kier alpha value is -2.09. The highest BCUT2D eigenvalue weighted by atomic mass is 32.2. The lowest BCUT2D eigenvalue weighted by atomic mass is 10.0. The van der Waals surface area contributed by atoms with Crippen LogP contribution in [0.4, 0.5) is 4.79 Å². The minimum absolute atomic E-state index is 0.118. The van der Waals surface area contributed by atoms with Crippen LogP contribution in [0.15, 0.2) is 29.2 Å². The number of aliphatic carboxylic acids is 1. The Bertz CT molecular complexity index is 673. The van der Waals surface area contributed by atoms with Crippen LogP contribution in [-0.2, 0) is 19.4 Å². The fourth-order valence-electron chi connectivity index (χ4n) is 1.82. The van der Waals surface area contributed by atoms with E-state index in [0.717, 1.165) is 6.26 Å². The first-order valence-electron chi connectivity index (χ1n) is 6.90. The molecule has 0 saturated carbocycles. The molecule has 0 spiro atoms. The van der Waals surface area contributed by atoms with Crippen molar-refractivity contribution in [1.82, 2.24) is 5.32 Å². The molecule has 0 bridgehead atoms. The van der Waals surface area contributed by atoms with E-state index in [-0.39, 0.29) is 11.3 Å². The van der Waals surface area contributed by atoms with Crippen LogP contribution in [0, 0.1) is 0 Å². The zero-order chi connectivity index (χ0) is 17.8. The van der Waals surface area contributed by atoms with E-state index in [1.54, 1.807) is 20.8 Å². The van der Waals surface area contributed by atoms with Crippen molar-refractivity contribution in [2.75, 3.05) is 6.26 Å². The van der Waals surface area contributed by atoms with Gasteiger partial charge in [0.15, 0.2) is 9.84 Å². The first-order valence-corrected chi connectivity index (χ1v) is 8.79. The lowest BCUT2D eigenvalue weighted by molar-refractivity contribution is -0.137. The number of ether oxygens (including phenoxy) is 1. The van der Waals surface area contributed by atoms with Crippen molar-refractivity contribution in [2.45, 2.75) is 43.7 Å². The Kier molecular flexibility index (Phi) is 5.76. The summed E-state index contributed by atoms with van der Waals surface area (Å²) in [6.45, 7) is 5.08. The minimum Gasteiger partial charge on any atom is -0.481 e. The van der Waals surface area contributed by atoms with E-state index in [2.05, 4.69) is 5.32 Å². The summed E-state index contributed by atoms with van der Waals surface area (Å²) in [5.74, 6) is -1.10. The number of sulfone groups is 1. The molecule has 0 saturated heterocycles. The van der Waals surface area contributed by atoms with Gasteiger partial charge in [0.05, 0.1) is 17.4 Å². The van der Waals surface area contributed by atoms with Gasteiger partial charge in [0, 0.05) is 6.26 Å². The Labute approximate surface area is 135 Å². The van der Waals surface area contributed by atoms with Gasteiger partial charge in [-0.15, -0.1) is 0 Å². The van der Waals surface area contributed by atoms with Gasteiger partial charge in [-0.1, -0.05) is 12.1 Å². The zero-order valence-corrected chi connectivity index (χ0v) is 14.3. The topological polar surface area (TPSA) is 110 Å². The molecule has 1 rings (SSSR count). The SMILES string of the molecule is CC(C)(C)OC(=O)N[C@@H](CC(=O)O)c1ccc(S(C)(=O)=O)cc1. The van der Waals surface area contributed by atoms with Gasteiger partial charge >= 0.3 is 12.1 Å². The summed E-state index contributed by atoms with van der Waals surface area (Å²) < 4.78 is 28.0. The first-order chi connectivity index (χ1) is 10.4. The van der Waals surface area contributed by atoms with Crippen LogP contribution in [-0.4, -0.2) is 37.4 Å². The quantitative estimate of drug-likeness (QED) is 0.847. The van der Waals surface area contributed by atoms with Gasteiger partial charge in [0.2, 0.25) is 0 Å². The molecule has 1 atom stereocenters. The van der Waals surface area contributed by atoms with Gasteiger partial charge in [0.1, 0.15) is 5.60 Å². The highest BCUT2D eigenvalue weighted by Crippen LogP contribution is 2.20. The van der Waals surface area contributed by atoms with Gasteiger partial charge in [-0.05, 0) is 38.5 Å². The number of carbonyl (C=O) groups excluding carboxylic acids is 1. The maximum atomic E-state index is 11.8. The number of amides is 1. The maximum Gasteiger partial charge on any atom is 0.408 e. The number of alkyl carbamates (subject to hydrolysis) is 1. The number of hydrogen-bond donors (Lipinski definition) is 2. The van der Waals surface area contributed by atoms with Crippen molar-refractivity contribution < 1.29 is 27.9 Å². The number of carboxylic acids is 1. The second-order valence-corrected chi connectivity index (χ2v) is 8.15. The van der Waals surface area contributed by atoms with Gasteiger partial charge in [-0.3, -0.25) is 4.79 Å². The van der Waals surface area contributed by atoms with Crippen molar-refractivity contribution in [3.63, 3.8) is 0 Å². The Balaban J connectivity index is 2.98. The summed E-state index contributed by atoms with van der Waals surface area (Å²) in [7, 11) is -3.34. The second kappa shape index (κ2) is 6.99. The lowest BCUT2D eigenvalue weighted by Gasteiger charge is -2.23. The molecule has 7 nitrogen and oxygen atoms in total. The normalized spacial score (nSPS) is 13.2. The summed E-state index contributed by atoms with van der Waals surface area (Å²) in [5.41, 5.74) is -0.233. The molecule has 0 aromatic heterocycles. The van der Waals surface area contributed by atoms with Gasteiger partial charge in [-0.2, -0.15) is 0 Å². The maximum absolute atomic E-state index is 11.8. The first kappa shape index (κ1) is 19.0. The van der Waals surface area contributed by atoms with Crippen LogP contribution >= 0.6 is 0 Å². The fraction of sp³-hybridized carbons (Fsp3) is 0.467. The molecule has 128 valence electrons. The number of nitrogens with one attached hydrogen (secondary N) is 1. The van der Waals surface area contributed by atoms with E-state index in [0.29, 0.717) is 5.56 Å². The predicted molar refractivity (Wildman–Crippen MR) is 83.9 cm³/mol. The average Bonchev–Trinajstić information content (AvgIpc) is 2.34. The monoisotopic (exact) mass is 343 g/mol. The molecule has 0 aliphatic heterocycles. The number of rotatable bonds is 5. The number of carbonyl (C=O) groups is 2. The third-order valence-electron chi connectivity index (χ3n) is 2.78. The number of hydrogen-bond acceptors (Lipinski definition) is 5. The van der Waals surface area contributed by atoms with Crippen LogP contribution in [0.5, 0.6) is 0 Å². The van der Waals surface area contributed by atoms with E-state index in [9.17, 15) is 18.0 Å². The van der Waals surface area contributed by atoms with Crippen LogP contribution in [0.3, 0.4) is 0 Å². The zero-order valence-electron chi connectivity index (χ0n) is 13.5. The fourth-order valence-corrected chi connectivity index (χ4v) is 2.45. The molecule has 0 unspecified atom stereocenters. The second-order valence-electron chi connectivity index (χ2n) is 6.14. The lowest BCUT2D eigenvalue weighted by Crippen LogP contribution is -2.35. The molecule has 0 aliphatic carbocycles. The molecule has 0 radical (unpaired) electrons. The third kappa shape index (κ3) is 6.68. The molecule has 2 N–H and O–H groups in total. The van der Waals surface area contributed by atoms with Crippen molar-refractivity contribution >= 4 is 21.9 Å². The van der Waals surface area contributed by atoms with Crippen molar-refractivity contribution in [2.24, 2.45) is 0 Å². The third-order valence-corrected chi connectivity index (χ3v) is 3.91. The van der Waals surface area contributed by atoms with Crippen LogP contribution in [0.2, 0.25) is 0 Å². The summed E-state index contributed by atoms with van der Waals surface area (Å²) in [6, 6.07) is 4.87. The number of benzene rings is 1. The average molecular weight is 343 g/mol. The highest BCUT2D eigenvalue weighted by molar-refractivity contribution is 7.90. The Morgan fingerprint density at radius 2 is 1.74 bits per heavy atom. The summed E-state index contributed by atoms with van der Waals surface area (Å²) in [5, 5.41) is 11.5. The smallest absolute Gasteiger partial charge is 0.408 e. The van der Waals surface area contributed by atoms with Crippen LogP contribution in [0.25, 0.3) is 0 Å². The number of carboxylic acid groups (broad SMARTS) is 1. The Morgan fingerprint density at radius 1 is 1.22 bits per heavy atom. The van der Waals surface area contributed by atoms with E-state index >= 15 is 0 Å². The molecular formula is C15H21NO6S.